The Hall–Kier alpha value is -3.02. The van der Waals surface area contributed by atoms with Crippen molar-refractivity contribution in [2.45, 2.75) is 20.8 Å². The Labute approximate surface area is 160 Å². The molecule has 1 heterocycles. The smallest absolute Gasteiger partial charge is 0.248 e. The molecular formula is C21H27N3O3. The molecule has 1 aromatic heterocycles. The van der Waals surface area contributed by atoms with Gasteiger partial charge in [0.2, 0.25) is 5.91 Å². The molecule has 0 aliphatic rings. The van der Waals surface area contributed by atoms with Crippen LogP contribution in [0, 0.1) is 0 Å². The Balaban J connectivity index is 2.00. The number of rotatable bonds is 9. The summed E-state index contributed by atoms with van der Waals surface area (Å²) < 4.78 is 10.8. The molecule has 0 aliphatic carbocycles. The first-order valence-corrected chi connectivity index (χ1v) is 9.12. The Morgan fingerprint density at radius 2 is 1.93 bits per heavy atom. The van der Waals surface area contributed by atoms with E-state index >= 15 is 0 Å². The van der Waals surface area contributed by atoms with Crippen LogP contribution in [0.15, 0.2) is 42.6 Å². The maximum atomic E-state index is 12.1. The number of ether oxygens (including phenoxy) is 2. The number of aromatic nitrogens is 1. The number of hydrogen-bond donors (Lipinski definition) is 1. The van der Waals surface area contributed by atoms with Crippen molar-refractivity contribution in [2.75, 3.05) is 37.0 Å². The summed E-state index contributed by atoms with van der Waals surface area (Å²) in [4.78, 5) is 18.7. The number of amides is 1. The number of pyridine rings is 1. The van der Waals surface area contributed by atoms with Crippen LogP contribution < -0.4 is 19.7 Å². The standard InChI is InChI=1S/C21H27N3O3/c1-5-24(6-2)20-12-10-17(15-22-20)23-21(25)13-9-16-8-11-18(27-7-3)19(14-16)26-4/h8-15H,5-7H2,1-4H3,(H,23,25)/b13-9+. The van der Waals surface area contributed by atoms with Crippen molar-refractivity contribution >= 4 is 23.5 Å². The summed E-state index contributed by atoms with van der Waals surface area (Å²) >= 11 is 0. The van der Waals surface area contributed by atoms with E-state index in [1.807, 2.05) is 37.3 Å². The molecule has 6 nitrogen and oxygen atoms in total. The maximum Gasteiger partial charge on any atom is 0.248 e. The predicted molar refractivity (Wildman–Crippen MR) is 110 cm³/mol. The van der Waals surface area contributed by atoms with Crippen molar-refractivity contribution in [1.29, 1.82) is 0 Å². The quantitative estimate of drug-likeness (QED) is 0.677. The summed E-state index contributed by atoms with van der Waals surface area (Å²) in [5, 5.41) is 2.81. The number of carbonyl (C=O) groups is 1. The molecule has 27 heavy (non-hydrogen) atoms. The monoisotopic (exact) mass is 369 g/mol. The average molecular weight is 369 g/mol. The molecule has 144 valence electrons. The van der Waals surface area contributed by atoms with Crippen LogP contribution >= 0.6 is 0 Å². The Morgan fingerprint density at radius 1 is 1.15 bits per heavy atom. The van der Waals surface area contributed by atoms with Gasteiger partial charge in [-0.1, -0.05) is 6.07 Å². The normalized spacial score (nSPS) is 10.7. The average Bonchev–Trinajstić information content (AvgIpc) is 2.69. The first kappa shape index (κ1) is 20.3. The molecule has 0 aliphatic heterocycles. The summed E-state index contributed by atoms with van der Waals surface area (Å²) in [5.41, 5.74) is 1.50. The highest BCUT2D eigenvalue weighted by molar-refractivity contribution is 6.01. The molecule has 0 spiro atoms. The summed E-state index contributed by atoms with van der Waals surface area (Å²) in [6.07, 6.45) is 4.87. The van der Waals surface area contributed by atoms with Crippen molar-refractivity contribution in [1.82, 2.24) is 4.98 Å². The number of carbonyl (C=O) groups excluding carboxylic acids is 1. The highest BCUT2D eigenvalue weighted by Crippen LogP contribution is 2.28. The Kier molecular flexibility index (Phi) is 7.67. The van der Waals surface area contributed by atoms with E-state index in [2.05, 4.69) is 29.0 Å². The summed E-state index contributed by atoms with van der Waals surface area (Å²) in [7, 11) is 1.59. The van der Waals surface area contributed by atoms with Gasteiger partial charge in [-0.15, -0.1) is 0 Å². The molecule has 1 amide bonds. The van der Waals surface area contributed by atoms with Crippen molar-refractivity contribution in [2.24, 2.45) is 0 Å². The molecule has 0 fully saturated rings. The number of hydrogen-bond acceptors (Lipinski definition) is 5. The van der Waals surface area contributed by atoms with E-state index in [-0.39, 0.29) is 5.91 Å². The lowest BCUT2D eigenvalue weighted by atomic mass is 10.2. The molecule has 1 aromatic carbocycles. The van der Waals surface area contributed by atoms with E-state index in [1.165, 1.54) is 6.08 Å². The van der Waals surface area contributed by atoms with Gasteiger partial charge in [-0.3, -0.25) is 4.79 Å². The van der Waals surface area contributed by atoms with Gasteiger partial charge < -0.3 is 19.7 Å². The lowest BCUT2D eigenvalue weighted by molar-refractivity contribution is -0.111. The molecule has 1 N–H and O–H groups in total. The fourth-order valence-electron chi connectivity index (χ4n) is 2.61. The van der Waals surface area contributed by atoms with Gasteiger partial charge in [0, 0.05) is 19.2 Å². The van der Waals surface area contributed by atoms with Crippen LogP contribution in [0.5, 0.6) is 11.5 Å². The second kappa shape index (κ2) is 10.2. The van der Waals surface area contributed by atoms with Crippen LogP contribution in [0.1, 0.15) is 26.3 Å². The highest BCUT2D eigenvalue weighted by Gasteiger charge is 2.06. The van der Waals surface area contributed by atoms with E-state index in [0.717, 1.165) is 24.5 Å². The van der Waals surface area contributed by atoms with Crippen molar-refractivity contribution < 1.29 is 14.3 Å². The minimum Gasteiger partial charge on any atom is -0.493 e. The van der Waals surface area contributed by atoms with Gasteiger partial charge >= 0.3 is 0 Å². The van der Waals surface area contributed by atoms with E-state index in [1.54, 1.807) is 19.4 Å². The second-order valence-electron chi connectivity index (χ2n) is 5.74. The number of benzene rings is 1. The molecule has 0 saturated heterocycles. The van der Waals surface area contributed by atoms with Gasteiger partial charge in [0.15, 0.2) is 11.5 Å². The molecule has 0 radical (unpaired) electrons. The number of methoxy groups -OCH3 is 1. The summed E-state index contributed by atoms with van der Waals surface area (Å²) in [5.74, 6) is 1.99. The van der Waals surface area contributed by atoms with Crippen molar-refractivity contribution in [3.63, 3.8) is 0 Å². The van der Waals surface area contributed by atoms with E-state index in [0.29, 0.717) is 23.8 Å². The van der Waals surface area contributed by atoms with Gasteiger partial charge in [-0.05, 0) is 56.7 Å². The largest absolute Gasteiger partial charge is 0.493 e. The Morgan fingerprint density at radius 3 is 2.52 bits per heavy atom. The van der Waals surface area contributed by atoms with Crippen LogP contribution in [-0.4, -0.2) is 37.7 Å². The van der Waals surface area contributed by atoms with Crippen LogP contribution in [0.3, 0.4) is 0 Å². The molecule has 0 unspecified atom stereocenters. The number of anilines is 2. The molecular weight excluding hydrogens is 342 g/mol. The lowest BCUT2D eigenvalue weighted by Gasteiger charge is -2.19. The van der Waals surface area contributed by atoms with Crippen molar-refractivity contribution in [3.05, 3.63) is 48.2 Å². The number of nitrogens with one attached hydrogen (secondary N) is 1. The third-order valence-electron chi connectivity index (χ3n) is 4.02. The lowest BCUT2D eigenvalue weighted by Crippen LogP contribution is -2.22. The van der Waals surface area contributed by atoms with E-state index in [9.17, 15) is 4.79 Å². The zero-order valence-electron chi connectivity index (χ0n) is 16.4. The maximum absolute atomic E-state index is 12.1. The van der Waals surface area contributed by atoms with Gasteiger partial charge in [0.05, 0.1) is 25.6 Å². The zero-order valence-corrected chi connectivity index (χ0v) is 16.4. The summed E-state index contributed by atoms with van der Waals surface area (Å²) in [6.45, 7) is 8.44. The fraction of sp³-hybridized carbons (Fsp3) is 0.333. The van der Waals surface area contributed by atoms with Gasteiger partial charge in [0.25, 0.3) is 0 Å². The second-order valence-corrected chi connectivity index (χ2v) is 5.74. The SMILES string of the molecule is CCOc1ccc(/C=C/C(=O)Nc2ccc(N(CC)CC)nc2)cc1OC. The third kappa shape index (κ3) is 5.74. The molecule has 0 saturated carbocycles. The minimum atomic E-state index is -0.222. The first-order chi connectivity index (χ1) is 13.1. The highest BCUT2D eigenvalue weighted by atomic mass is 16.5. The van der Waals surface area contributed by atoms with Gasteiger partial charge in [0.1, 0.15) is 5.82 Å². The van der Waals surface area contributed by atoms with Crippen LogP contribution in [0.2, 0.25) is 0 Å². The summed E-state index contributed by atoms with van der Waals surface area (Å²) in [6, 6.07) is 9.29. The zero-order chi connectivity index (χ0) is 19.6. The van der Waals surface area contributed by atoms with Crippen LogP contribution in [0.4, 0.5) is 11.5 Å². The third-order valence-corrected chi connectivity index (χ3v) is 4.02. The fourth-order valence-corrected chi connectivity index (χ4v) is 2.61. The van der Waals surface area contributed by atoms with E-state index in [4.69, 9.17) is 9.47 Å². The van der Waals surface area contributed by atoms with Gasteiger partial charge in [-0.25, -0.2) is 4.98 Å². The molecule has 6 heteroatoms. The molecule has 0 bridgehead atoms. The van der Waals surface area contributed by atoms with Gasteiger partial charge in [-0.2, -0.15) is 0 Å². The van der Waals surface area contributed by atoms with Crippen LogP contribution in [0.25, 0.3) is 6.08 Å². The number of nitrogens with zero attached hydrogens (tertiary/aromatic N) is 2. The van der Waals surface area contributed by atoms with Crippen LogP contribution in [-0.2, 0) is 4.79 Å². The molecule has 2 rings (SSSR count). The molecule has 0 atom stereocenters. The minimum absolute atomic E-state index is 0.222. The van der Waals surface area contributed by atoms with E-state index < -0.39 is 0 Å². The topological polar surface area (TPSA) is 63.7 Å². The Bertz CT molecular complexity index is 769. The van der Waals surface area contributed by atoms with Crippen molar-refractivity contribution in [3.8, 4) is 11.5 Å². The predicted octanol–water partition coefficient (Wildman–Crippen LogP) is 3.99. The first-order valence-electron chi connectivity index (χ1n) is 9.12. The molecule has 2 aromatic rings.